The van der Waals surface area contributed by atoms with Crippen molar-refractivity contribution in [1.29, 1.82) is 0 Å². The number of hydrogen-bond donors (Lipinski definition) is 4. The second kappa shape index (κ2) is 10.2. The Labute approximate surface area is 187 Å². The lowest BCUT2D eigenvalue weighted by atomic mass is 9.92. The van der Waals surface area contributed by atoms with Crippen molar-refractivity contribution in [3.05, 3.63) is 0 Å². The van der Waals surface area contributed by atoms with E-state index in [-0.39, 0.29) is 19.1 Å². The molecule has 3 aliphatic rings. The topological polar surface area (TPSA) is 162 Å². The predicted molar refractivity (Wildman–Crippen MR) is 112 cm³/mol. The van der Waals surface area contributed by atoms with Crippen LogP contribution in [0.3, 0.4) is 0 Å². The van der Waals surface area contributed by atoms with Gasteiger partial charge in [0.05, 0.1) is 5.92 Å². The summed E-state index contributed by atoms with van der Waals surface area (Å²) in [6.07, 6.45) is 2.81. The third kappa shape index (κ3) is 4.80. The van der Waals surface area contributed by atoms with Gasteiger partial charge in [0.25, 0.3) is 5.72 Å². The molecule has 0 spiro atoms. The summed E-state index contributed by atoms with van der Waals surface area (Å²) < 4.78 is 5.32. The van der Waals surface area contributed by atoms with Gasteiger partial charge in [0, 0.05) is 26.1 Å². The minimum Gasteiger partial charge on any atom is -0.478 e. The van der Waals surface area contributed by atoms with Gasteiger partial charge in [0.15, 0.2) is 5.78 Å². The lowest BCUT2D eigenvalue weighted by molar-refractivity contribution is -0.212. The van der Waals surface area contributed by atoms with E-state index in [1.807, 2.05) is 0 Å². The number of aliphatic carboxylic acids is 1. The maximum Gasteiger partial charge on any atom is 0.359 e. The first kappa shape index (κ1) is 24.6. The number of nitrogens with two attached hydrogens (primary N) is 1. The van der Waals surface area contributed by atoms with Crippen LogP contribution in [0.5, 0.6) is 0 Å². The number of hydrogen-bond acceptors (Lipinski definition) is 8. The third-order valence-corrected chi connectivity index (χ3v) is 6.84. The number of Topliss-reactive ketones (excluding diaryl/α,β-unsaturated/α-hetero) is 1. The molecule has 32 heavy (non-hydrogen) atoms. The van der Waals surface area contributed by atoms with Gasteiger partial charge in [0.1, 0.15) is 12.0 Å². The molecule has 2 amide bonds. The van der Waals surface area contributed by atoms with Crippen molar-refractivity contribution < 1.29 is 34.1 Å². The number of ketones is 1. The zero-order chi connectivity index (χ0) is 23.5. The summed E-state index contributed by atoms with van der Waals surface area (Å²) in [7, 11) is 0. The van der Waals surface area contributed by atoms with Gasteiger partial charge in [0.2, 0.25) is 11.8 Å². The molecule has 2 saturated heterocycles. The number of nitrogens with zero attached hydrogens (tertiary/aromatic N) is 2. The average molecular weight is 455 g/mol. The average Bonchev–Trinajstić information content (AvgIpc) is 3.41. The molecule has 0 aromatic heterocycles. The van der Waals surface area contributed by atoms with Gasteiger partial charge < -0.3 is 25.2 Å². The van der Waals surface area contributed by atoms with Crippen molar-refractivity contribution in [1.82, 2.24) is 15.2 Å². The Morgan fingerprint density at radius 3 is 2.50 bits per heavy atom. The predicted octanol–water partition coefficient (Wildman–Crippen LogP) is -0.916. The number of rotatable bonds is 9. The largest absolute Gasteiger partial charge is 0.478 e. The number of ether oxygens (including phenoxy) is 1. The van der Waals surface area contributed by atoms with E-state index < -0.39 is 41.3 Å². The van der Waals surface area contributed by atoms with Crippen molar-refractivity contribution in [3.8, 4) is 0 Å². The van der Waals surface area contributed by atoms with Gasteiger partial charge in [-0.2, -0.15) is 0 Å². The van der Waals surface area contributed by atoms with Crippen LogP contribution in [0.4, 0.5) is 0 Å². The van der Waals surface area contributed by atoms with Crippen LogP contribution in [-0.2, 0) is 23.9 Å². The van der Waals surface area contributed by atoms with E-state index in [1.54, 1.807) is 4.90 Å². The highest BCUT2D eigenvalue weighted by molar-refractivity contribution is 6.07. The zero-order valence-electron chi connectivity index (χ0n) is 18.5. The van der Waals surface area contributed by atoms with Crippen LogP contribution >= 0.6 is 0 Å². The molecule has 2 heterocycles. The van der Waals surface area contributed by atoms with Gasteiger partial charge in [-0.1, -0.05) is 0 Å². The van der Waals surface area contributed by atoms with Crippen molar-refractivity contribution >= 4 is 23.6 Å². The number of aliphatic hydroxyl groups is 1. The van der Waals surface area contributed by atoms with Gasteiger partial charge in [-0.15, -0.1) is 0 Å². The fourth-order valence-electron chi connectivity index (χ4n) is 4.88. The molecule has 3 fully saturated rings. The van der Waals surface area contributed by atoms with Crippen LogP contribution in [0.2, 0.25) is 0 Å². The Morgan fingerprint density at radius 2 is 1.94 bits per heavy atom. The molecule has 1 saturated carbocycles. The highest BCUT2D eigenvalue weighted by atomic mass is 16.6. The summed E-state index contributed by atoms with van der Waals surface area (Å²) >= 11 is 0. The van der Waals surface area contributed by atoms with Crippen LogP contribution in [0, 0.1) is 17.8 Å². The Bertz CT molecular complexity index is 742. The van der Waals surface area contributed by atoms with Crippen molar-refractivity contribution in [2.75, 3.05) is 32.8 Å². The number of carbonyl (C=O) groups excluding carboxylic acids is 3. The number of aliphatic hydroxyl groups excluding tert-OH is 1. The van der Waals surface area contributed by atoms with Gasteiger partial charge >= 0.3 is 5.97 Å². The Hall–Kier alpha value is -2.08. The van der Waals surface area contributed by atoms with Gasteiger partial charge in [-0.3, -0.25) is 14.4 Å². The zero-order valence-corrected chi connectivity index (χ0v) is 18.5. The number of carbonyl (C=O) groups is 4. The smallest absolute Gasteiger partial charge is 0.359 e. The number of nitrogens with one attached hydrogen (secondary N) is 1. The summed E-state index contributed by atoms with van der Waals surface area (Å²) in [5, 5.41) is 23.4. The quantitative estimate of drug-likeness (QED) is 0.149. The fraction of sp³-hybridized carbons (Fsp3) is 0.810. The first-order valence-corrected chi connectivity index (χ1v) is 11.4. The lowest BCUT2D eigenvalue weighted by Crippen LogP contribution is -2.66. The number of likely N-dealkylation sites (tertiary alicyclic amines) is 1. The summed E-state index contributed by atoms with van der Waals surface area (Å²) in [5.74, 6) is 1.24. The van der Waals surface area contributed by atoms with E-state index in [0.717, 1.165) is 32.4 Å². The molecule has 11 heteroatoms. The van der Waals surface area contributed by atoms with Crippen molar-refractivity contribution in [2.45, 2.75) is 57.3 Å². The number of hydrazine groups is 1. The molecule has 180 valence electrons. The molecule has 0 aromatic carbocycles. The maximum atomic E-state index is 13.2. The van der Waals surface area contributed by atoms with Crippen LogP contribution in [0.25, 0.3) is 0 Å². The molecule has 0 aromatic rings. The van der Waals surface area contributed by atoms with E-state index in [2.05, 4.69) is 5.32 Å². The van der Waals surface area contributed by atoms with Crippen LogP contribution in [0.1, 0.15) is 45.4 Å². The number of carboxylic acid groups (broad SMARTS) is 1. The van der Waals surface area contributed by atoms with E-state index in [1.165, 1.54) is 6.92 Å². The highest BCUT2D eigenvalue weighted by Gasteiger charge is 2.69. The number of piperidine rings is 2. The van der Waals surface area contributed by atoms with E-state index in [0.29, 0.717) is 36.7 Å². The summed E-state index contributed by atoms with van der Waals surface area (Å²) in [4.78, 5) is 51.5. The van der Waals surface area contributed by atoms with Crippen LogP contribution in [0.15, 0.2) is 0 Å². The Morgan fingerprint density at radius 1 is 1.28 bits per heavy atom. The molecular weight excluding hydrogens is 420 g/mol. The molecule has 11 nitrogen and oxygen atoms in total. The minimum atomic E-state index is -2.47. The Kier molecular flexibility index (Phi) is 7.86. The van der Waals surface area contributed by atoms with E-state index in [4.69, 9.17) is 10.6 Å². The molecule has 5 N–H and O–H groups in total. The summed E-state index contributed by atoms with van der Waals surface area (Å²) in [5.41, 5.74) is -2.47. The molecular formula is C21H34N4O7. The monoisotopic (exact) mass is 454 g/mol. The fourth-order valence-corrected chi connectivity index (χ4v) is 4.88. The second-order valence-corrected chi connectivity index (χ2v) is 8.88. The van der Waals surface area contributed by atoms with E-state index in [9.17, 15) is 29.4 Å². The molecule has 1 aliphatic carbocycles. The normalized spacial score (nSPS) is 28.2. The SMILES string of the molecule is CCO[C@](C(=O)O)(C1C(=O)C1O)N(N)C(=O)[C@@H]1CCCN(C(=O)CCC2CCNCC2)C1. The highest BCUT2D eigenvalue weighted by Crippen LogP contribution is 2.41. The molecule has 0 radical (unpaired) electrons. The Balaban J connectivity index is 1.65. The maximum absolute atomic E-state index is 13.2. The van der Waals surface area contributed by atoms with E-state index >= 15 is 0 Å². The van der Waals surface area contributed by atoms with Gasteiger partial charge in [-0.05, 0) is 58.0 Å². The van der Waals surface area contributed by atoms with Crippen molar-refractivity contribution in [3.63, 3.8) is 0 Å². The number of amides is 2. The molecule has 2 unspecified atom stereocenters. The van der Waals surface area contributed by atoms with Crippen LogP contribution < -0.4 is 11.2 Å². The van der Waals surface area contributed by atoms with Crippen LogP contribution in [-0.4, -0.2) is 88.3 Å². The molecule has 2 aliphatic heterocycles. The standard InChI is InChI=1S/C21H34N4O7/c1-2-32-21(20(30)31,16-17(27)18(16)28)25(22)19(29)14-4-3-11-24(12-14)15(26)6-5-13-7-9-23-10-8-13/h13-14,16-17,23,27H,2-12,22H2,1H3,(H,30,31)/t14-,16?,17?,21+/m1/s1. The summed E-state index contributed by atoms with van der Waals surface area (Å²) in [6, 6.07) is 0. The minimum absolute atomic E-state index is 0.0216. The summed E-state index contributed by atoms with van der Waals surface area (Å²) in [6.45, 7) is 3.99. The lowest BCUT2D eigenvalue weighted by Gasteiger charge is -2.40. The molecule has 0 bridgehead atoms. The number of carboxylic acids is 1. The van der Waals surface area contributed by atoms with Gasteiger partial charge in [-0.25, -0.2) is 15.6 Å². The molecule has 3 rings (SSSR count). The first-order chi connectivity index (χ1) is 15.2. The first-order valence-electron chi connectivity index (χ1n) is 11.4. The third-order valence-electron chi connectivity index (χ3n) is 6.84. The van der Waals surface area contributed by atoms with Crippen molar-refractivity contribution in [2.24, 2.45) is 23.6 Å². The second-order valence-electron chi connectivity index (χ2n) is 8.88. The molecule has 4 atom stereocenters.